The minimum absolute atomic E-state index is 0.538. The van der Waals surface area contributed by atoms with Crippen LogP contribution in [0, 0.1) is 6.92 Å². The van der Waals surface area contributed by atoms with Crippen molar-refractivity contribution in [1.82, 2.24) is 19.7 Å². The average molecular weight is 355 g/mol. The summed E-state index contributed by atoms with van der Waals surface area (Å²) in [4.78, 5) is 6.23. The number of hydrogen-bond donors (Lipinski definition) is 0. The molecule has 1 aliphatic rings. The molecular formula is C15H19ClN4O2S. The second-order valence-electron chi connectivity index (χ2n) is 4.87. The molecular weight excluding hydrogens is 336 g/mol. The topological polar surface area (TPSA) is 60.2 Å². The molecule has 1 fully saturated rings. The second kappa shape index (κ2) is 9.57. The van der Waals surface area contributed by atoms with E-state index in [1.807, 2.05) is 31.2 Å². The summed E-state index contributed by atoms with van der Waals surface area (Å²) in [7, 11) is 0. The van der Waals surface area contributed by atoms with Crippen LogP contribution in [0.25, 0.3) is 5.69 Å². The van der Waals surface area contributed by atoms with Gasteiger partial charge in [-0.1, -0.05) is 17.7 Å². The van der Waals surface area contributed by atoms with Crippen LogP contribution in [0.2, 0.25) is 5.02 Å². The van der Waals surface area contributed by atoms with Gasteiger partial charge in [-0.2, -0.15) is 5.10 Å². The van der Waals surface area contributed by atoms with Gasteiger partial charge in [0.2, 0.25) is 0 Å². The Balaban J connectivity index is 0.000000174. The smallest absolute Gasteiger partial charge is 0.138 e. The Morgan fingerprint density at radius 3 is 2.78 bits per heavy atom. The van der Waals surface area contributed by atoms with Crippen LogP contribution in [0.3, 0.4) is 0 Å². The molecule has 3 rings (SSSR count). The highest BCUT2D eigenvalue weighted by Crippen LogP contribution is 2.14. The molecule has 0 N–H and O–H groups in total. The molecule has 0 aliphatic carbocycles. The quantitative estimate of drug-likeness (QED) is 0.783. The Labute approximate surface area is 144 Å². The first kappa shape index (κ1) is 17.8. The number of rotatable bonds is 3. The monoisotopic (exact) mass is 354 g/mol. The molecule has 0 bridgehead atoms. The number of aromatic nitrogens is 3. The van der Waals surface area contributed by atoms with Gasteiger partial charge in [-0.05, 0) is 25.1 Å². The van der Waals surface area contributed by atoms with Crippen molar-refractivity contribution >= 4 is 28.2 Å². The molecule has 0 spiro atoms. The third-order valence-electron chi connectivity index (χ3n) is 3.28. The van der Waals surface area contributed by atoms with E-state index in [-0.39, 0.29) is 0 Å². The first-order chi connectivity index (χ1) is 11.2. The number of benzene rings is 1. The van der Waals surface area contributed by atoms with Gasteiger partial charge in [-0.3, -0.25) is 4.90 Å². The summed E-state index contributed by atoms with van der Waals surface area (Å²) in [5.41, 5.74) is 0.933. The largest absolute Gasteiger partial charge is 0.379 e. The lowest BCUT2D eigenvalue weighted by atomic mass is 10.3. The van der Waals surface area contributed by atoms with Gasteiger partial charge < -0.3 is 4.74 Å². The molecule has 0 saturated carbocycles. The predicted molar refractivity (Wildman–Crippen MR) is 92.6 cm³/mol. The van der Waals surface area contributed by atoms with Crippen molar-refractivity contribution in [3.05, 3.63) is 41.4 Å². The first-order valence-electron chi connectivity index (χ1n) is 7.23. The van der Waals surface area contributed by atoms with E-state index in [0.717, 1.165) is 44.4 Å². The van der Waals surface area contributed by atoms with Crippen molar-refractivity contribution in [2.24, 2.45) is 0 Å². The van der Waals surface area contributed by atoms with Crippen LogP contribution < -0.4 is 0 Å². The summed E-state index contributed by atoms with van der Waals surface area (Å²) in [6, 6.07) is 7.51. The van der Waals surface area contributed by atoms with E-state index < -0.39 is 0 Å². The van der Waals surface area contributed by atoms with Crippen LogP contribution in [-0.2, 0) is 16.0 Å². The van der Waals surface area contributed by atoms with Gasteiger partial charge in [0.05, 0.1) is 30.2 Å². The molecule has 1 saturated heterocycles. The lowest BCUT2D eigenvalue weighted by molar-refractivity contribution is 0.0459. The van der Waals surface area contributed by atoms with Crippen LogP contribution in [0.1, 0.15) is 5.82 Å². The maximum absolute atomic E-state index is 9.98. The van der Waals surface area contributed by atoms with Gasteiger partial charge in [0.15, 0.2) is 0 Å². The third kappa shape index (κ3) is 5.87. The molecule has 6 nitrogen and oxygen atoms in total. The molecule has 1 aromatic heterocycles. The first-order valence-corrected chi connectivity index (χ1v) is 8.42. The molecule has 0 amide bonds. The van der Waals surface area contributed by atoms with E-state index in [4.69, 9.17) is 16.3 Å². The van der Waals surface area contributed by atoms with Crippen molar-refractivity contribution in [3.63, 3.8) is 0 Å². The van der Waals surface area contributed by atoms with Crippen molar-refractivity contribution in [2.75, 3.05) is 32.8 Å². The molecule has 2 aromatic rings. The highest BCUT2D eigenvalue weighted by molar-refractivity contribution is 7.64. The number of nitrogens with zero attached hydrogens (tertiary/aromatic N) is 4. The summed E-state index contributed by atoms with van der Waals surface area (Å²) in [5.74, 6) is 0.849. The highest BCUT2D eigenvalue weighted by atomic mass is 35.5. The zero-order chi connectivity index (χ0) is 16.5. The fraction of sp³-hybridized carbons (Fsp3) is 0.400. The summed E-state index contributed by atoms with van der Waals surface area (Å²) in [6.45, 7) is 6.20. The van der Waals surface area contributed by atoms with Crippen LogP contribution >= 0.6 is 11.6 Å². The fourth-order valence-electron chi connectivity index (χ4n) is 2.08. The predicted octanol–water partition coefficient (Wildman–Crippen LogP) is 1.56. The van der Waals surface area contributed by atoms with Crippen molar-refractivity contribution in [1.29, 1.82) is 0 Å². The van der Waals surface area contributed by atoms with E-state index in [1.165, 1.54) is 6.33 Å². The van der Waals surface area contributed by atoms with Gasteiger partial charge in [0, 0.05) is 30.0 Å². The Hall–Kier alpha value is -1.54. The average Bonchev–Trinajstić information content (AvgIpc) is 3.01. The molecule has 1 aliphatic heterocycles. The molecule has 0 unspecified atom stereocenters. The molecule has 23 heavy (non-hydrogen) atoms. The fourth-order valence-corrected chi connectivity index (χ4v) is 2.54. The zero-order valence-electron chi connectivity index (χ0n) is 12.9. The van der Waals surface area contributed by atoms with E-state index in [2.05, 4.69) is 15.0 Å². The summed E-state index contributed by atoms with van der Waals surface area (Å²) in [6.07, 6.45) is 1.52. The number of morpholine rings is 1. The molecule has 1 aromatic carbocycles. The Morgan fingerprint density at radius 2 is 2.17 bits per heavy atom. The minimum atomic E-state index is 0.538. The molecule has 2 heterocycles. The zero-order valence-corrected chi connectivity index (χ0v) is 14.5. The summed E-state index contributed by atoms with van der Waals surface area (Å²) < 4.78 is 16.9. The third-order valence-corrected chi connectivity index (χ3v) is 3.80. The van der Waals surface area contributed by atoms with Crippen molar-refractivity contribution in [3.8, 4) is 5.69 Å². The van der Waals surface area contributed by atoms with E-state index in [1.54, 1.807) is 10.0 Å². The molecule has 0 radical (unpaired) electrons. The lowest BCUT2D eigenvalue weighted by Crippen LogP contribution is -2.37. The van der Waals surface area contributed by atoms with E-state index in [0.29, 0.717) is 16.3 Å². The Kier molecular flexibility index (Phi) is 7.41. The Morgan fingerprint density at radius 1 is 1.39 bits per heavy atom. The van der Waals surface area contributed by atoms with Crippen molar-refractivity contribution < 1.29 is 8.95 Å². The lowest BCUT2D eigenvalue weighted by Gasteiger charge is -2.24. The van der Waals surface area contributed by atoms with Gasteiger partial charge in [0.25, 0.3) is 0 Å². The number of ether oxygens (including phenoxy) is 1. The number of aryl methyl sites for hydroxylation is 1. The molecule has 124 valence electrons. The second-order valence-corrected chi connectivity index (χ2v) is 5.84. The number of hydrogen-bond acceptors (Lipinski definition) is 5. The SMILES string of the molecule is Cc1ncnn1-c1cccc(Cl)c1.O=S=CCN1CCOCC1. The van der Waals surface area contributed by atoms with E-state index in [9.17, 15) is 4.21 Å². The van der Waals surface area contributed by atoms with Gasteiger partial charge in [-0.15, -0.1) is 0 Å². The standard InChI is InChI=1S/C9H8ClN3.C6H11NO2S/c1-7-11-6-12-13(7)9-4-2-3-8(10)5-9;8-10-6-3-7-1-4-9-5-2-7/h2-6H,1H3;6H,1-5H2. The summed E-state index contributed by atoms with van der Waals surface area (Å²) >= 11 is 6.39. The Bertz CT molecular complexity index is 667. The van der Waals surface area contributed by atoms with Crippen LogP contribution in [-0.4, -0.2) is 62.1 Å². The molecule has 8 heteroatoms. The summed E-state index contributed by atoms with van der Waals surface area (Å²) in [5, 5.41) is 6.45. The van der Waals surface area contributed by atoms with Crippen LogP contribution in [0.15, 0.2) is 30.6 Å². The maximum Gasteiger partial charge on any atom is 0.138 e. The molecule has 0 atom stereocenters. The maximum atomic E-state index is 9.98. The van der Waals surface area contributed by atoms with Crippen LogP contribution in [0.4, 0.5) is 0 Å². The van der Waals surface area contributed by atoms with Gasteiger partial charge in [-0.25, -0.2) is 13.9 Å². The minimum Gasteiger partial charge on any atom is -0.379 e. The normalized spacial score (nSPS) is 14.7. The van der Waals surface area contributed by atoms with Crippen molar-refractivity contribution in [2.45, 2.75) is 6.92 Å². The van der Waals surface area contributed by atoms with E-state index >= 15 is 0 Å². The van der Waals surface area contributed by atoms with Gasteiger partial charge in [0.1, 0.15) is 12.2 Å². The highest BCUT2D eigenvalue weighted by Gasteiger charge is 2.07. The van der Waals surface area contributed by atoms with Gasteiger partial charge >= 0.3 is 0 Å². The van der Waals surface area contributed by atoms with Crippen LogP contribution in [0.5, 0.6) is 0 Å². The number of halogens is 1.